The molecule has 4 rings (SSSR count). The molecule has 0 aliphatic rings. The van der Waals surface area contributed by atoms with Crippen molar-refractivity contribution in [1.29, 1.82) is 0 Å². The van der Waals surface area contributed by atoms with Gasteiger partial charge in [-0.15, -0.1) is 0 Å². The van der Waals surface area contributed by atoms with Crippen LogP contribution in [0.5, 0.6) is 0 Å². The Morgan fingerprint density at radius 2 is 2.03 bits per heavy atom. The van der Waals surface area contributed by atoms with E-state index in [0.29, 0.717) is 16.4 Å². The summed E-state index contributed by atoms with van der Waals surface area (Å²) in [6.07, 6.45) is 2.99. The summed E-state index contributed by atoms with van der Waals surface area (Å²) in [7, 11) is 0. The maximum Gasteiger partial charge on any atom is 0.278 e. The highest BCUT2D eigenvalue weighted by atomic mass is 19.1. The van der Waals surface area contributed by atoms with E-state index in [0.717, 1.165) is 12.8 Å². The van der Waals surface area contributed by atoms with Crippen LogP contribution in [-0.2, 0) is 17.8 Å². The van der Waals surface area contributed by atoms with E-state index in [2.05, 4.69) is 27.4 Å². The molecule has 0 saturated heterocycles. The van der Waals surface area contributed by atoms with Gasteiger partial charge in [-0.25, -0.2) is 9.37 Å². The summed E-state index contributed by atoms with van der Waals surface area (Å²) in [5.74, 6) is -0.649. The van der Waals surface area contributed by atoms with E-state index in [1.807, 2.05) is 25.1 Å². The highest BCUT2D eigenvalue weighted by Crippen LogP contribution is 2.22. The van der Waals surface area contributed by atoms with Crippen LogP contribution in [0.15, 0.2) is 59.7 Å². The molecule has 0 fully saturated rings. The molecule has 7 heteroatoms. The minimum Gasteiger partial charge on any atom is -0.352 e. The molecule has 148 valence electrons. The lowest BCUT2D eigenvalue weighted by Gasteiger charge is -2.14. The Bertz CT molecular complexity index is 1230. The molecule has 1 atom stereocenters. The monoisotopic (exact) mass is 392 g/mol. The number of carbonyl (C=O) groups excluding carboxylic acids is 1. The lowest BCUT2D eigenvalue weighted by molar-refractivity contribution is -0.122. The number of benzene rings is 2. The van der Waals surface area contributed by atoms with Gasteiger partial charge in [-0.2, -0.15) is 0 Å². The maximum atomic E-state index is 13.5. The predicted molar refractivity (Wildman–Crippen MR) is 110 cm³/mol. The fourth-order valence-electron chi connectivity index (χ4n) is 3.45. The summed E-state index contributed by atoms with van der Waals surface area (Å²) < 4.78 is 14.8. The molecule has 2 heterocycles. The number of carbonyl (C=O) groups is 1. The Hall–Kier alpha value is -3.48. The van der Waals surface area contributed by atoms with Crippen LogP contribution in [-0.4, -0.2) is 26.5 Å². The molecule has 2 N–H and O–H groups in total. The number of halogens is 1. The van der Waals surface area contributed by atoms with Gasteiger partial charge in [0.05, 0.1) is 6.33 Å². The average Bonchev–Trinajstić information content (AvgIpc) is 3.08. The number of amides is 1. The zero-order valence-electron chi connectivity index (χ0n) is 16.0. The van der Waals surface area contributed by atoms with Crippen molar-refractivity contribution in [1.82, 2.24) is 19.9 Å². The Balaban J connectivity index is 1.46. The van der Waals surface area contributed by atoms with Crippen LogP contribution in [0.4, 0.5) is 4.39 Å². The molecule has 0 radical (unpaired) electrons. The lowest BCUT2D eigenvalue weighted by Crippen LogP contribution is -2.37. The number of H-pyrrole nitrogens is 1. The number of fused-ring (bicyclic) bond motifs is 3. The van der Waals surface area contributed by atoms with E-state index in [1.54, 1.807) is 6.07 Å². The van der Waals surface area contributed by atoms with Crippen LogP contribution < -0.4 is 10.9 Å². The number of aromatic amines is 1. The molecule has 0 aliphatic heterocycles. The second kappa shape index (κ2) is 7.87. The zero-order chi connectivity index (χ0) is 20.4. The summed E-state index contributed by atoms with van der Waals surface area (Å²) in [6, 6.07) is 14.3. The first kappa shape index (κ1) is 18.9. The van der Waals surface area contributed by atoms with Gasteiger partial charge < -0.3 is 10.3 Å². The first-order valence-corrected chi connectivity index (χ1v) is 9.51. The molecule has 0 bridgehead atoms. The quantitative estimate of drug-likeness (QED) is 0.529. The van der Waals surface area contributed by atoms with Gasteiger partial charge in [0.1, 0.15) is 23.4 Å². The molecule has 29 heavy (non-hydrogen) atoms. The van der Waals surface area contributed by atoms with Crippen LogP contribution in [0.25, 0.3) is 21.9 Å². The van der Waals surface area contributed by atoms with Gasteiger partial charge in [0.15, 0.2) is 0 Å². The van der Waals surface area contributed by atoms with Crippen LogP contribution in [0, 0.1) is 5.82 Å². The first-order chi connectivity index (χ1) is 14.0. The molecule has 0 unspecified atom stereocenters. The van der Waals surface area contributed by atoms with E-state index in [1.165, 1.54) is 28.6 Å². The fraction of sp³-hybridized carbons (Fsp3) is 0.227. The zero-order valence-corrected chi connectivity index (χ0v) is 16.0. The minimum absolute atomic E-state index is 0.0221. The summed E-state index contributed by atoms with van der Waals surface area (Å²) in [4.78, 5) is 32.4. The largest absolute Gasteiger partial charge is 0.352 e. The van der Waals surface area contributed by atoms with Gasteiger partial charge in [-0.05, 0) is 43.5 Å². The number of rotatable bonds is 6. The molecule has 2 aromatic heterocycles. The van der Waals surface area contributed by atoms with E-state index in [-0.39, 0.29) is 29.6 Å². The van der Waals surface area contributed by atoms with Crippen molar-refractivity contribution in [2.45, 2.75) is 32.4 Å². The molecule has 1 amide bonds. The Labute approximate surface area is 166 Å². The molecule has 6 nitrogen and oxygen atoms in total. The Morgan fingerprint density at radius 1 is 1.24 bits per heavy atom. The van der Waals surface area contributed by atoms with E-state index < -0.39 is 5.82 Å². The van der Waals surface area contributed by atoms with Crippen molar-refractivity contribution < 1.29 is 9.18 Å². The summed E-state index contributed by atoms with van der Waals surface area (Å²) >= 11 is 0. The van der Waals surface area contributed by atoms with Gasteiger partial charge in [0.25, 0.3) is 5.56 Å². The van der Waals surface area contributed by atoms with Crippen LogP contribution in [0.2, 0.25) is 0 Å². The Kier molecular flexibility index (Phi) is 5.12. The number of hydrogen-bond acceptors (Lipinski definition) is 3. The number of aryl methyl sites for hydroxylation is 1. The van der Waals surface area contributed by atoms with Crippen molar-refractivity contribution in [2.24, 2.45) is 0 Å². The highest BCUT2D eigenvalue weighted by Gasteiger charge is 2.14. The number of aromatic nitrogens is 3. The fourth-order valence-corrected chi connectivity index (χ4v) is 3.45. The third kappa shape index (κ3) is 4.03. The van der Waals surface area contributed by atoms with Crippen molar-refractivity contribution >= 4 is 27.8 Å². The second-order valence-electron chi connectivity index (χ2n) is 7.21. The number of nitrogens with zero attached hydrogens (tertiary/aromatic N) is 2. The summed E-state index contributed by atoms with van der Waals surface area (Å²) in [5, 5.41) is 3.47. The second-order valence-corrected chi connectivity index (χ2v) is 7.21. The highest BCUT2D eigenvalue weighted by molar-refractivity contribution is 6.04. The average molecular weight is 392 g/mol. The van der Waals surface area contributed by atoms with Crippen LogP contribution >= 0.6 is 0 Å². The van der Waals surface area contributed by atoms with Gasteiger partial charge in [0, 0.05) is 16.9 Å². The first-order valence-electron chi connectivity index (χ1n) is 9.51. The van der Waals surface area contributed by atoms with Crippen molar-refractivity contribution in [3.8, 4) is 0 Å². The maximum absolute atomic E-state index is 13.5. The molecule has 0 aliphatic carbocycles. The molecule has 2 aromatic carbocycles. The predicted octanol–water partition coefficient (Wildman–Crippen LogP) is 3.15. The van der Waals surface area contributed by atoms with Gasteiger partial charge in [-0.1, -0.05) is 30.3 Å². The van der Waals surface area contributed by atoms with Gasteiger partial charge in [0.2, 0.25) is 5.91 Å². The van der Waals surface area contributed by atoms with Crippen LogP contribution in [0.3, 0.4) is 0 Å². The van der Waals surface area contributed by atoms with Crippen molar-refractivity contribution in [2.75, 3.05) is 0 Å². The summed E-state index contributed by atoms with van der Waals surface area (Å²) in [5.41, 5.74) is 2.14. The smallest absolute Gasteiger partial charge is 0.278 e. The minimum atomic E-state index is -0.395. The van der Waals surface area contributed by atoms with Crippen molar-refractivity contribution in [3.63, 3.8) is 0 Å². The molecule has 0 spiro atoms. The molecule has 0 saturated carbocycles. The molecule has 4 aromatic rings. The molecular weight excluding hydrogens is 371 g/mol. The summed E-state index contributed by atoms with van der Waals surface area (Å²) in [6.45, 7) is 1.82. The van der Waals surface area contributed by atoms with Crippen LogP contribution in [0.1, 0.15) is 18.9 Å². The number of hydrogen-bond donors (Lipinski definition) is 2. The lowest BCUT2D eigenvalue weighted by atomic mass is 10.1. The SMILES string of the molecule is C[C@@H](CCc1ccccc1)NC(=O)Cn1cnc2c([nH]c3ccc(F)cc32)c1=O. The number of nitrogens with one attached hydrogen (secondary N) is 2. The third-order valence-electron chi connectivity index (χ3n) is 4.96. The normalized spacial score (nSPS) is 12.3. The van der Waals surface area contributed by atoms with Gasteiger partial charge in [-0.3, -0.25) is 14.2 Å². The van der Waals surface area contributed by atoms with Crippen molar-refractivity contribution in [3.05, 3.63) is 76.6 Å². The third-order valence-corrected chi connectivity index (χ3v) is 4.96. The van der Waals surface area contributed by atoms with E-state index in [4.69, 9.17) is 0 Å². The topological polar surface area (TPSA) is 79.8 Å². The standard InChI is InChI=1S/C22H21FN4O2/c1-14(7-8-15-5-3-2-4-6-15)25-19(28)12-27-13-24-20-17-11-16(23)9-10-18(17)26-21(20)22(27)29/h2-6,9-11,13-14,26H,7-8,12H2,1H3,(H,25,28)/t14-/m0/s1. The Morgan fingerprint density at radius 3 is 2.83 bits per heavy atom. The van der Waals surface area contributed by atoms with Gasteiger partial charge >= 0.3 is 0 Å². The molecular formula is C22H21FN4O2. The van der Waals surface area contributed by atoms with E-state index >= 15 is 0 Å². The van der Waals surface area contributed by atoms with E-state index in [9.17, 15) is 14.0 Å².